The van der Waals surface area contributed by atoms with Gasteiger partial charge < -0.3 is 5.32 Å². The van der Waals surface area contributed by atoms with Gasteiger partial charge in [-0.25, -0.2) is 4.39 Å². The molecule has 0 spiro atoms. The molecule has 0 radical (unpaired) electrons. The van der Waals surface area contributed by atoms with Crippen molar-refractivity contribution in [3.05, 3.63) is 34.6 Å². The average Bonchev–Trinajstić information content (AvgIpc) is 2.21. The molecule has 1 nitrogen and oxygen atoms in total. The fraction of sp³-hybridized carbons (Fsp3) is 0.571. The SMILES string of the molecule is CNCC(Cc1ccc(Cl)cc1F)CC(C)C. The Morgan fingerprint density at radius 2 is 2.06 bits per heavy atom. The minimum absolute atomic E-state index is 0.192. The van der Waals surface area contributed by atoms with Crippen LogP contribution < -0.4 is 5.32 Å². The van der Waals surface area contributed by atoms with Crippen LogP contribution in [0.5, 0.6) is 0 Å². The van der Waals surface area contributed by atoms with E-state index in [1.807, 2.05) is 7.05 Å². The van der Waals surface area contributed by atoms with Crippen molar-refractivity contribution in [1.29, 1.82) is 0 Å². The number of rotatable bonds is 6. The second-order valence-electron chi connectivity index (χ2n) is 4.99. The van der Waals surface area contributed by atoms with E-state index in [1.54, 1.807) is 12.1 Å². The highest BCUT2D eigenvalue weighted by Crippen LogP contribution is 2.21. The zero-order valence-corrected chi connectivity index (χ0v) is 11.5. The first-order valence-corrected chi connectivity index (χ1v) is 6.49. The van der Waals surface area contributed by atoms with Crippen LogP contribution in [-0.4, -0.2) is 13.6 Å². The van der Waals surface area contributed by atoms with Crippen molar-refractivity contribution >= 4 is 11.6 Å². The van der Waals surface area contributed by atoms with E-state index in [0.717, 1.165) is 24.9 Å². The smallest absolute Gasteiger partial charge is 0.127 e. The third-order valence-electron chi connectivity index (χ3n) is 2.82. The molecule has 0 aliphatic rings. The molecule has 0 amide bonds. The molecular weight excluding hydrogens is 237 g/mol. The molecule has 0 aromatic heterocycles. The molecule has 17 heavy (non-hydrogen) atoms. The maximum Gasteiger partial charge on any atom is 0.127 e. The summed E-state index contributed by atoms with van der Waals surface area (Å²) in [5.41, 5.74) is 0.760. The van der Waals surface area contributed by atoms with Gasteiger partial charge in [0.15, 0.2) is 0 Å². The van der Waals surface area contributed by atoms with Gasteiger partial charge in [0.25, 0.3) is 0 Å². The third kappa shape index (κ3) is 5.05. The van der Waals surface area contributed by atoms with Crippen molar-refractivity contribution in [2.75, 3.05) is 13.6 Å². The second-order valence-corrected chi connectivity index (χ2v) is 5.43. The predicted octanol–water partition coefficient (Wildman–Crippen LogP) is 3.90. The van der Waals surface area contributed by atoms with Gasteiger partial charge in [-0.2, -0.15) is 0 Å². The van der Waals surface area contributed by atoms with Crippen LogP contribution in [0.1, 0.15) is 25.8 Å². The molecule has 0 fully saturated rings. The maximum atomic E-state index is 13.7. The topological polar surface area (TPSA) is 12.0 Å². The lowest BCUT2D eigenvalue weighted by Gasteiger charge is -2.19. The quantitative estimate of drug-likeness (QED) is 0.815. The first-order valence-electron chi connectivity index (χ1n) is 6.11. The highest BCUT2D eigenvalue weighted by molar-refractivity contribution is 6.30. The van der Waals surface area contributed by atoms with Gasteiger partial charge in [-0.15, -0.1) is 0 Å². The van der Waals surface area contributed by atoms with Gasteiger partial charge >= 0.3 is 0 Å². The van der Waals surface area contributed by atoms with E-state index in [4.69, 9.17) is 11.6 Å². The number of benzene rings is 1. The third-order valence-corrected chi connectivity index (χ3v) is 3.06. The fourth-order valence-corrected chi connectivity index (χ4v) is 2.35. The monoisotopic (exact) mass is 257 g/mol. The van der Waals surface area contributed by atoms with Crippen LogP contribution in [0.15, 0.2) is 18.2 Å². The van der Waals surface area contributed by atoms with Crippen LogP contribution in [0.3, 0.4) is 0 Å². The Morgan fingerprint density at radius 1 is 1.35 bits per heavy atom. The van der Waals surface area contributed by atoms with Gasteiger partial charge in [-0.05, 0) is 56.0 Å². The van der Waals surface area contributed by atoms with Crippen LogP contribution in [0, 0.1) is 17.7 Å². The van der Waals surface area contributed by atoms with Crippen LogP contribution in [-0.2, 0) is 6.42 Å². The van der Waals surface area contributed by atoms with Gasteiger partial charge in [0.05, 0.1) is 0 Å². The molecule has 1 atom stereocenters. The lowest BCUT2D eigenvalue weighted by atomic mass is 9.91. The molecule has 1 rings (SSSR count). The molecular formula is C14H21ClFN. The second kappa shape index (κ2) is 6.97. The molecule has 1 aromatic rings. The fourth-order valence-electron chi connectivity index (χ4n) is 2.19. The summed E-state index contributed by atoms with van der Waals surface area (Å²) in [6.07, 6.45) is 1.87. The van der Waals surface area contributed by atoms with E-state index in [2.05, 4.69) is 19.2 Å². The van der Waals surface area contributed by atoms with E-state index >= 15 is 0 Å². The van der Waals surface area contributed by atoms with Crippen LogP contribution in [0.2, 0.25) is 5.02 Å². The molecule has 0 heterocycles. The molecule has 1 aromatic carbocycles. The van der Waals surface area contributed by atoms with Gasteiger partial charge in [-0.1, -0.05) is 31.5 Å². The molecule has 0 saturated heterocycles. The van der Waals surface area contributed by atoms with Crippen molar-refractivity contribution in [1.82, 2.24) is 5.32 Å². The minimum atomic E-state index is -0.192. The zero-order valence-electron chi connectivity index (χ0n) is 10.8. The summed E-state index contributed by atoms with van der Waals surface area (Å²) in [5, 5.41) is 3.63. The summed E-state index contributed by atoms with van der Waals surface area (Å²) >= 11 is 5.75. The summed E-state index contributed by atoms with van der Waals surface area (Å²) in [7, 11) is 1.94. The van der Waals surface area contributed by atoms with Crippen LogP contribution >= 0.6 is 11.6 Å². The van der Waals surface area contributed by atoms with E-state index in [-0.39, 0.29) is 5.82 Å². The Kier molecular flexibility index (Phi) is 5.93. The first-order chi connectivity index (χ1) is 8.02. The van der Waals surface area contributed by atoms with Crippen molar-refractivity contribution in [3.8, 4) is 0 Å². The molecule has 0 aliphatic heterocycles. The Hall–Kier alpha value is -0.600. The Labute approximate surface area is 108 Å². The lowest BCUT2D eigenvalue weighted by Crippen LogP contribution is -2.22. The lowest BCUT2D eigenvalue weighted by molar-refractivity contribution is 0.390. The van der Waals surface area contributed by atoms with Gasteiger partial charge in [-0.3, -0.25) is 0 Å². The Bertz CT molecular complexity index is 352. The Balaban J connectivity index is 2.71. The minimum Gasteiger partial charge on any atom is -0.319 e. The molecule has 0 aliphatic carbocycles. The van der Waals surface area contributed by atoms with Crippen LogP contribution in [0.4, 0.5) is 4.39 Å². The number of nitrogens with one attached hydrogen (secondary N) is 1. The average molecular weight is 258 g/mol. The summed E-state index contributed by atoms with van der Waals surface area (Å²) in [6.45, 7) is 5.31. The van der Waals surface area contributed by atoms with Crippen molar-refractivity contribution in [2.45, 2.75) is 26.7 Å². The summed E-state index contributed by atoms with van der Waals surface area (Å²) in [6, 6.07) is 4.94. The Morgan fingerprint density at radius 3 is 2.59 bits per heavy atom. The number of hydrogen-bond acceptors (Lipinski definition) is 1. The van der Waals surface area contributed by atoms with E-state index in [9.17, 15) is 4.39 Å². The highest BCUT2D eigenvalue weighted by atomic mass is 35.5. The maximum absolute atomic E-state index is 13.7. The number of hydrogen-bond donors (Lipinski definition) is 1. The molecule has 96 valence electrons. The number of halogens is 2. The molecule has 1 unspecified atom stereocenters. The van der Waals surface area contributed by atoms with Gasteiger partial charge in [0.1, 0.15) is 5.82 Å². The van der Waals surface area contributed by atoms with Crippen LogP contribution in [0.25, 0.3) is 0 Å². The molecule has 3 heteroatoms. The summed E-state index contributed by atoms with van der Waals surface area (Å²) in [5.74, 6) is 0.904. The van der Waals surface area contributed by atoms with Crippen molar-refractivity contribution in [3.63, 3.8) is 0 Å². The van der Waals surface area contributed by atoms with Gasteiger partial charge in [0.2, 0.25) is 0 Å². The van der Waals surface area contributed by atoms with Crippen molar-refractivity contribution < 1.29 is 4.39 Å². The van der Waals surface area contributed by atoms with E-state index in [0.29, 0.717) is 16.9 Å². The summed E-state index contributed by atoms with van der Waals surface area (Å²) in [4.78, 5) is 0. The normalized spacial score (nSPS) is 13.1. The molecule has 0 saturated carbocycles. The predicted molar refractivity (Wildman–Crippen MR) is 72.0 cm³/mol. The first kappa shape index (κ1) is 14.5. The zero-order chi connectivity index (χ0) is 12.8. The summed E-state index contributed by atoms with van der Waals surface area (Å²) < 4.78 is 13.7. The van der Waals surface area contributed by atoms with Gasteiger partial charge in [0, 0.05) is 5.02 Å². The van der Waals surface area contributed by atoms with Crippen molar-refractivity contribution in [2.24, 2.45) is 11.8 Å². The van der Waals surface area contributed by atoms with E-state index < -0.39 is 0 Å². The largest absolute Gasteiger partial charge is 0.319 e. The standard InChI is InChI=1S/C14H21ClFN/c1-10(2)6-11(9-17-3)7-12-4-5-13(15)8-14(12)16/h4-5,8,10-11,17H,6-7,9H2,1-3H3. The van der Waals surface area contributed by atoms with E-state index in [1.165, 1.54) is 6.07 Å². The molecule has 0 bridgehead atoms. The molecule has 1 N–H and O–H groups in total. The highest BCUT2D eigenvalue weighted by Gasteiger charge is 2.13.